The van der Waals surface area contributed by atoms with Gasteiger partial charge in [-0.1, -0.05) is 26.0 Å². The van der Waals surface area contributed by atoms with E-state index in [0.29, 0.717) is 22.6 Å². The zero-order valence-electron chi connectivity index (χ0n) is 16.3. The van der Waals surface area contributed by atoms with Crippen LogP contribution >= 0.6 is 11.8 Å². The molecule has 0 aromatic heterocycles. The molecule has 1 saturated carbocycles. The van der Waals surface area contributed by atoms with Crippen molar-refractivity contribution in [2.45, 2.75) is 49.4 Å². The summed E-state index contributed by atoms with van der Waals surface area (Å²) in [7, 11) is -1.57. The van der Waals surface area contributed by atoms with E-state index in [0.717, 1.165) is 43.2 Å². The molecule has 1 saturated heterocycles. The normalized spacial score (nSPS) is 21.6. The van der Waals surface area contributed by atoms with Gasteiger partial charge in [-0.3, -0.25) is 4.99 Å². The van der Waals surface area contributed by atoms with E-state index in [4.69, 9.17) is 0 Å². The SMILES string of the molecule is CN=C(NCc1ccc(S(=O)(=O)NC2CC2)cc1)N1CCSC(C(C)C)C1. The molecule has 1 aliphatic heterocycles. The van der Waals surface area contributed by atoms with Crippen LogP contribution in [-0.4, -0.2) is 56.5 Å². The molecule has 3 rings (SSSR count). The predicted molar refractivity (Wildman–Crippen MR) is 113 cm³/mol. The number of nitrogens with zero attached hydrogens (tertiary/aromatic N) is 2. The lowest BCUT2D eigenvalue weighted by Crippen LogP contribution is -2.48. The molecule has 1 heterocycles. The highest BCUT2D eigenvalue weighted by atomic mass is 32.2. The second-order valence-electron chi connectivity index (χ2n) is 7.54. The molecule has 1 unspecified atom stereocenters. The summed E-state index contributed by atoms with van der Waals surface area (Å²) in [5, 5.41) is 4.04. The van der Waals surface area contributed by atoms with Gasteiger partial charge in [-0.05, 0) is 36.5 Å². The largest absolute Gasteiger partial charge is 0.352 e. The third-order valence-corrected chi connectivity index (χ3v) is 8.01. The molecule has 0 amide bonds. The first kappa shape index (κ1) is 20.5. The minimum Gasteiger partial charge on any atom is -0.352 e. The van der Waals surface area contributed by atoms with Crippen molar-refractivity contribution in [1.29, 1.82) is 0 Å². The third kappa shape index (κ3) is 5.62. The molecular weight excluding hydrogens is 380 g/mol. The van der Waals surface area contributed by atoms with Gasteiger partial charge in [0.1, 0.15) is 0 Å². The molecule has 1 aliphatic carbocycles. The Morgan fingerprint density at radius 3 is 2.59 bits per heavy atom. The molecule has 150 valence electrons. The number of rotatable bonds is 6. The fraction of sp³-hybridized carbons (Fsp3) is 0.632. The number of aliphatic imine (C=N–C) groups is 1. The number of hydrogen-bond acceptors (Lipinski definition) is 4. The summed E-state index contributed by atoms with van der Waals surface area (Å²) in [6.07, 6.45) is 1.88. The highest BCUT2D eigenvalue weighted by molar-refractivity contribution is 8.00. The molecule has 27 heavy (non-hydrogen) atoms. The zero-order chi connectivity index (χ0) is 19.4. The molecule has 0 radical (unpaired) electrons. The standard InChI is InChI=1S/C19H30N4O2S2/c1-14(2)18-13-23(10-11-26-18)19(20-3)21-12-15-4-8-17(9-5-15)27(24,25)22-16-6-7-16/h4-5,8-9,14,16,18,22H,6-7,10-13H2,1-3H3,(H,20,21). The van der Waals surface area contributed by atoms with Crippen molar-refractivity contribution < 1.29 is 8.42 Å². The Morgan fingerprint density at radius 2 is 2.00 bits per heavy atom. The summed E-state index contributed by atoms with van der Waals surface area (Å²) in [4.78, 5) is 7.08. The summed E-state index contributed by atoms with van der Waals surface area (Å²) in [6.45, 7) is 7.17. The van der Waals surface area contributed by atoms with Crippen LogP contribution in [0.2, 0.25) is 0 Å². The maximum Gasteiger partial charge on any atom is 0.240 e. The average Bonchev–Trinajstić information content (AvgIpc) is 3.46. The van der Waals surface area contributed by atoms with Crippen LogP contribution < -0.4 is 10.0 Å². The van der Waals surface area contributed by atoms with Crippen LogP contribution in [0.3, 0.4) is 0 Å². The molecule has 2 fully saturated rings. The fourth-order valence-corrected chi connectivity index (χ4v) is 5.66. The first-order chi connectivity index (χ1) is 12.9. The number of nitrogens with one attached hydrogen (secondary N) is 2. The predicted octanol–water partition coefficient (Wildman–Crippen LogP) is 2.28. The zero-order valence-corrected chi connectivity index (χ0v) is 17.9. The maximum atomic E-state index is 12.2. The highest BCUT2D eigenvalue weighted by Gasteiger charge is 2.28. The number of hydrogen-bond donors (Lipinski definition) is 2. The van der Waals surface area contributed by atoms with E-state index in [2.05, 4.69) is 33.8 Å². The van der Waals surface area contributed by atoms with Crippen molar-refractivity contribution >= 4 is 27.7 Å². The monoisotopic (exact) mass is 410 g/mol. The lowest BCUT2D eigenvalue weighted by Gasteiger charge is -2.36. The van der Waals surface area contributed by atoms with Gasteiger partial charge >= 0.3 is 0 Å². The molecular formula is C19H30N4O2S2. The Balaban J connectivity index is 1.57. The van der Waals surface area contributed by atoms with Gasteiger partial charge in [0.05, 0.1) is 4.90 Å². The van der Waals surface area contributed by atoms with E-state index in [9.17, 15) is 8.42 Å². The van der Waals surface area contributed by atoms with Gasteiger partial charge in [0, 0.05) is 43.7 Å². The molecule has 1 atom stereocenters. The molecule has 8 heteroatoms. The van der Waals surface area contributed by atoms with Crippen LogP contribution in [0.1, 0.15) is 32.3 Å². The van der Waals surface area contributed by atoms with Crippen molar-refractivity contribution in [3.63, 3.8) is 0 Å². The molecule has 1 aromatic rings. The Labute approximate surface area is 167 Å². The Morgan fingerprint density at radius 1 is 1.30 bits per heavy atom. The minimum absolute atomic E-state index is 0.122. The van der Waals surface area contributed by atoms with Crippen LogP contribution in [-0.2, 0) is 16.6 Å². The smallest absolute Gasteiger partial charge is 0.240 e. The second kappa shape index (κ2) is 8.84. The van der Waals surface area contributed by atoms with Gasteiger partial charge in [-0.2, -0.15) is 11.8 Å². The molecule has 0 spiro atoms. The first-order valence-electron chi connectivity index (χ1n) is 9.57. The average molecular weight is 411 g/mol. The van der Waals surface area contributed by atoms with Crippen molar-refractivity contribution in [2.24, 2.45) is 10.9 Å². The van der Waals surface area contributed by atoms with Gasteiger partial charge in [0.2, 0.25) is 10.0 Å². The summed E-state index contributed by atoms with van der Waals surface area (Å²) in [5.74, 6) is 2.67. The molecule has 0 bridgehead atoms. The summed E-state index contributed by atoms with van der Waals surface area (Å²) >= 11 is 2.04. The Hall–Kier alpha value is -1.25. The molecule has 2 N–H and O–H groups in total. The van der Waals surface area contributed by atoms with Crippen molar-refractivity contribution in [1.82, 2.24) is 14.9 Å². The van der Waals surface area contributed by atoms with Gasteiger partial charge in [-0.25, -0.2) is 13.1 Å². The summed E-state index contributed by atoms with van der Waals surface area (Å²) < 4.78 is 27.2. The van der Waals surface area contributed by atoms with Crippen LogP contribution in [0.15, 0.2) is 34.2 Å². The summed E-state index contributed by atoms with van der Waals surface area (Å²) in [5.41, 5.74) is 1.04. The number of thioether (sulfide) groups is 1. The second-order valence-corrected chi connectivity index (χ2v) is 10.6. The molecule has 1 aromatic carbocycles. The lowest BCUT2D eigenvalue weighted by molar-refractivity contribution is 0.380. The highest BCUT2D eigenvalue weighted by Crippen LogP contribution is 2.25. The van der Waals surface area contributed by atoms with E-state index >= 15 is 0 Å². The van der Waals surface area contributed by atoms with Crippen LogP contribution in [0.25, 0.3) is 0 Å². The lowest BCUT2D eigenvalue weighted by atomic mass is 10.1. The van der Waals surface area contributed by atoms with Crippen molar-refractivity contribution in [3.05, 3.63) is 29.8 Å². The molecule has 2 aliphatic rings. The Kier molecular flexibility index (Phi) is 6.70. The topological polar surface area (TPSA) is 73.8 Å². The summed E-state index contributed by atoms with van der Waals surface area (Å²) in [6, 6.07) is 7.21. The van der Waals surface area contributed by atoms with Crippen LogP contribution in [0, 0.1) is 5.92 Å². The first-order valence-corrected chi connectivity index (χ1v) is 12.1. The van der Waals surface area contributed by atoms with E-state index in [1.807, 2.05) is 30.9 Å². The number of sulfonamides is 1. The van der Waals surface area contributed by atoms with Crippen molar-refractivity contribution in [3.8, 4) is 0 Å². The van der Waals surface area contributed by atoms with E-state index in [1.165, 1.54) is 0 Å². The quantitative estimate of drug-likeness (QED) is 0.556. The van der Waals surface area contributed by atoms with Gasteiger partial charge < -0.3 is 10.2 Å². The van der Waals surface area contributed by atoms with Crippen LogP contribution in [0.4, 0.5) is 0 Å². The Bertz CT molecular complexity index is 758. The molecule has 6 nitrogen and oxygen atoms in total. The minimum atomic E-state index is -3.39. The van der Waals surface area contributed by atoms with E-state index < -0.39 is 10.0 Å². The van der Waals surface area contributed by atoms with Gasteiger partial charge in [0.15, 0.2) is 5.96 Å². The fourth-order valence-electron chi connectivity index (χ4n) is 3.06. The van der Waals surface area contributed by atoms with Gasteiger partial charge in [-0.15, -0.1) is 0 Å². The number of benzene rings is 1. The van der Waals surface area contributed by atoms with Crippen LogP contribution in [0.5, 0.6) is 0 Å². The van der Waals surface area contributed by atoms with Crippen molar-refractivity contribution in [2.75, 3.05) is 25.9 Å². The third-order valence-electron chi connectivity index (χ3n) is 4.93. The maximum absolute atomic E-state index is 12.2. The number of guanidine groups is 1. The van der Waals surface area contributed by atoms with E-state index in [1.54, 1.807) is 12.1 Å². The van der Waals surface area contributed by atoms with E-state index in [-0.39, 0.29) is 6.04 Å². The van der Waals surface area contributed by atoms with Gasteiger partial charge in [0.25, 0.3) is 0 Å².